The number of nitrogens with zero attached hydrogens (tertiary/aromatic N) is 1. The molecule has 27 heavy (non-hydrogen) atoms. The Kier molecular flexibility index (Phi) is 4.50. The molecular weight excluding hydrogens is 341 g/mol. The molecule has 0 saturated carbocycles. The van der Waals surface area contributed by atoms with Crippen molar-refractivity contribution in [3.8, 4) is 5.75 Å². The average molecular weight is 359 g/mol. The minimum atomic E-state index is -1.12. The first-order chi connectivity index (χ1) is 13.0. The molecule has 4 rings (SSSR count). The summed E-state index contributed by atoms with van der Waals surface area (Å²) < 4.78 is 5.62. The molecule has 0 spiro atoms. The topological polar surface area (TPSA) is 76.5 Å². The van der Waals surface area contributed by atoms with Crippen LogP contribution >= 0.6 is 0 Å². The Morgan fingerprint density at radius 1 is 1.22 bits per heavy atom. The van der Waals surface area contributed by atoms with E-state index in [4.69, 9.17) is 4.65 Å². The number of aromatic nitrogens is 1. The summed E-state index contributed by atoms with van der Waals surface area (Å²) in [6, 6.07) is 14.5. The lowest BCUT2D eigenvalue weighted by molar-refractivity contribution is 0.0971. The lowest BCUT2D eigenvalue weighted by Gasteiger charge is -2.28. The van der Waals surface area contributed by atoms with Gasteiger partial charge in [-0.2, -0.15) is 0 Å². The highest BCUT2D eigenvalue weighted by Crippen LogP contribution is 2.36. The van der Waals surface area contributed by atoms with Gasteiger partial charge in [-0.3, -0.25) is 14.6 Å². The zero-order chi connectivity index (χ0) is 19.0. The van der Waals surface area contributed by atoms with Crippen molar-refractivity contribution in [3.05, 3.63) is 71.4 Å². The van der Waals surface area contributed by atoms with E-state index in [2.05, 4.69) is 4.98 Å². The summed E-state index contributed by atoms with van der Waals surface area (Å²) >= 11 is 0. The third kappa shape index (κ3) is 3.36. The van der Waals surface area contributed by atoms with Gasteiger partial charge in [-0.15, -0.1) is 0 Å². The summed E-state index contributed by atoms with van der Waals surface area (Å²) in [4.78, 5) is 28.8. The molecule has 2 aromatic carbocycles. The van der Waals surface area contributed by atoms with Crippen LogP contribution < -0.4 is 4.65 Å². The Morgan fingerprint density at radius 3 is 2.89 bits per heavy atom. The van der Waals surface area contributed by atoms with Gasteiger partial charge in [0.15, 0.2) is 11.6 Å². The summed E-state index contributed by atoms with van der Waals surface area (Å²) in [5.41, 5.74) is 2.72. The number of carbonyl (C=O) groups is 2. The number of para-hydroxylation sites is 1. The molecule has 0 amide bonds. The Labute approximate surface area is 157 Å². The smallest absolute Gasteiger partial charge is 0.526 e. The second-order valence-corrected chi connectivity index (χ2v) is 6.86. The molecule has 3 aromatic rings. The molecule has 1 aromatic heterocycles. The zero-order valence-electron chi connectivity index (χ0n) is 14.9. The highest BCUT2D eigenvalue weighted by Gasteiger charge is 2.37. The van der Waals surface area contributed by atoms with Gasteiger partial charge in [-0.1, -0.05) is 18.2 Å². The molecular formula is C21H18BNO4. The van der Waals surface area contributed by atoms with Gasteiger partial charge in [0.25, 0.3) is 0 Å². The fourth-order valence-corrected chi connectivity index (χ4v) is 3.54. The first-order valence-corrected chi connectivity index (χ1v) is 8.88. The minimum absolute atomic E-state index is 0.0559. The highest BCUT2D eigenvalue weighted by atomic mass is 16.5. The number of benzene rings is 2. The predicted molar refractivity (Wildman–Crippen MR) is 103 cm³/mol. The van der Waals surface area contributed by atoms with Crippen LogP contribution in [0.4, 0.5) is 0 Å². The number of fused-ring (bicyclic) bond motifs is 2. The number of pyridine rings is 1. The third-order valence-corrected chi connectivity index (χ3v) is 4.97. The monoisotopic (exact) mass is 359 g/mol. The van der Waals surface area contributed by atoms with E-state index in [0.717, 1.165) is 16.5 Å². The van der Waals surface area contributed by atoms with Crippen LogP contribution in [-0.2, 0) is 6.42 Å². The van der Waals surface area contributed by atoms with Crippen LogP contribution in [0.15, 0.2) is 54.7 Å². The average Bonchev–Trinajstić information content (AvgIpc) is 2.67. The van der Waals surface area contributed by atoms with Crippen molar-refractivity contribution in [1.29, 1.82) is 0 Å². The van der Waals surface area contributed by atoms with E-state index in [-0.39, 0.29) is 23.8 Å². The largest absolute Gasteiger partial charge is 0.535 e. The summed E-state index contributed by atoms with van der Waals surface area (Å²) in [5, 5.41) is 11.3. The Balaban J connectivity index is 1.56. The molecule has 0 unspecified atom stereocenters. The number of rotatable bonds is 4. The fraction of sp³-hybridized carbons (Fsp3) is 0.190. The van der Waals surface area contributed by atoms with Crippen LogP contribution in [0.5, 0.6) is 5.75 Å². The molecule has 0 bridgehead atoms. The van der Waals surface area contributed by atoms with E-state index in [1.807, 2.05) is 30.3 Å². The minimum Gasteiger partial charge on any atom is -0.535 e. The highest BCUT2D eigenvalue weighted by molar-refractivity contribution is 6.47. The van der Waals surface area contributed by atoms with Gasteiger partial charge in [-0.25, -0.2) is 0 Å². The van der Waals surface area contributed by atoms with E-state index in [1.54, 1.807) is 24.4 Å². The van der Waals surface area contributed by atoms with Crippen molar-refractivity contribution in [1.82, 2.24) is 4.98 Å². The lowest BCUT2D eigenvalue weighted by Crippen LogP contribution is -2.35. The van der Waals surface area contributed by atoms with Crippen LogP contribution in [0.25, 0.3) is 10.9 Å². The second kappa shape index (κ2) is 6.97. The molecule has 1 aliphatic heterocycles. The standard InChI is InChI=1S/C21H18BNO4/c1-13(24)18-6-2-4-16-11-17(22(26)27-21(16)18)12-20(25)15-7-8-19-14(10-15)5-3-9-23-19/h2-10,17,26H,11-12H2,1H3/t17-/m1/s1. The lowest BCUT2D eigenvalue weighted by atomic mass is 9.64. The molecule has 0 saturated heterocycles. The van der Waals surface area contributed by atoms with Gasteiger partial charge in [0, 0.05) is 29.4 Å². The summed E-state index contributed by atoms with van der Waals surface area (Å²) in [6.07, 6.45) is 2.36. The first-order valence-electron chi connectivity index (χ1n) is 8.88. The third-order valence-electron chi connectivity index (χ3n) is 4.97. The molecule has 134 valence electrons. The molecule has 1 atom stereocenters. The molecule has 1 aliphatic rings. The van der Waals surface area contributed by atoms with E-state index in [0.29, 0.717) is 23.3 Å². The van der Waals surface area contributed by atoms with Crippen molar-refractivity contribution in [2.75, 3.05) is 0 Å². The maximum Gasteiger partial charge on any atom is 0.526 e. The first kappa shape index (κ1) is 17.4. The molecule has 5 nitrogen and oxygen atoms in total. The van der Waals surface area contributed by atoms with Crippen molar-refractivity contribution in [2.24, 2.45) is 0 Å². The van der Waals surface area contributed by atoms with Gasteiger partial charge in [0.05, 0.1) is 11.1 Å². The molecule has 0 fully saturated rings. The molecule has 0 aliphatic carbocycles. The van der Waals surface area contributed by atoms with Gasteiger partial charge < -0.3 is 9.68 Å². The van der Waals surface area contributed by atoms with Gasteiger partial charge in [0.1, 0.15) is 5.75 Å². The van der Waals surface area contributed by atoms with Crippen LogP contribution in [0.1, 0.15) is 39.6 Å². The van der Waals surface area contributed by atoms with Crippen LogP contribution in [0.3, 0.4) is 0 Å². The Bertz CT molecular complexity index is 1050. The Morgan fingerprint density at radius 2 is 2.07 bits per heavy atom. The molecule has 6 heteroatoms. The van der Waals surface area contributed by atoms with Crippen molar-refractivity contribution in [3.63, 3.8) is 0 Å². The molecule has 1 N–H and O–H groups in total. The van der Waals surface area contributed by atoms with Crippen LogP contribution in [0.2, 0.25) is 5.82 Å². The number of hydrogen-bond acceptors (Lipinski definition) is 5. The molecule has 2 heterocycles. The number of Topliss-reactive ketones (excluding diaryl/α,β-unsaturated/α-hetero) is 2. The predicted octanol–water partition coefficient (Wildman–Crippen LogP) is 3.50. The van der Waals surface area contributed by atoms with E-state index >= 15 is 0 Å². The maximum absolute atomic E-state index is 12.7. The number of hydrogen-bond donors (Lipinski definition) is 1. The van der Waals surface area contributed by atoms with Gasteiger partial charge >= 0.3 is 7.12 Å². The SMILES string of the molecule is CC(=O)c1cccc2c1OB(O)[C@@H](CC(=O)c1ccc3ncccc3c1)C2. The number of ketones is 2. The maximum atomic E-state index is 12.7. The van der Waals surface area contributed by atoms with Crippen LogP contribution in [0, 0.1) is 0 Å². The van der Waals surface area contributed by atoms with E-state index < -0.39 is 7.12 Å². The zero-order valence-corrected chi connectivity index (χ0v) is 14.9. The van der Waals surface area contributed by atoms with E-state index in [9.17, 15) is 14.6 Å². The van der Waals surface area contributed by atoms with E-state index in [1.165, 1.54) is 6.92 Å². The summed E-state index contributed by atoms with van der Waals surface area (Å²) in [5.74, 6) is -0.104. The summed E-state index contributed by atoms with van der Waals surface area (Å²) in [7, 11) is -1.12. The van der Waals surface area contributed by atoms with Crippen molar-refractivity contribution in [2.45, 2.75) is 25.6 Å². The van der Waals surface area contributed by atoms with Crippen molar-refractivity contribution < 1.29 is 19.3 Å². The molecule has 0 radical (unpaired) electrons. The number of carbonyl (C=O) groups excluding carboxylic acids is 2. The Hall–Kier alpha value is -2.99. The normalized spacial score (nSPS) is 15.9. The van der Waals surface area contributed by atoms with Gasteiger partial charge in [-0.05, 0) is 49.2 Å². The van der Waals surface area contributed by atoms with Gasteiger partial charge in [0.2, 0.25) is 0 Å². The van der Waals surface area contributed by atoms with Crippen molar-refractivity contribution >= 4 is 29.6 Å². The summed E-state index contributed by atoms with van der Waals surface area (Å²) in [6.45, 7) is 1.47. The van der Waals surface area contributed by atoms with Crippen LogP contribution in [-0.4, -0.2) is 28.7 Å². The fourth-order valence-electron chi connectivity index (χ4n) is 3.54. The quantitative estimate of drug-likeness (QED) is 0.570. The second-order valence-electron chi connectivity index (χ2n) is 6.86.